The predicted molar refractivity (Wildman–Crippen MR) is 74.4 cm³/mol. The largest absolute Gasteiger partial charge is 0.410 e. The first kappa shape index (κ1) is 14.8. The van der Waals surface area contributed by atoms with E-state index in [1.165, 1.54) is 11.6 Å². The van der Waals surface area contributed by atoms with Gasteiger partial charge in [-0.1, -0.05) is 39.0 Å². The zero-order valence-electron chi connectivity index (χ0n) is 10.9. The molecular weight excluding hydrogens is 249 g/mol. The summed E-state index contributed by atoms with van der Waals surface area (Å²) in [4.78, 5) is 11.6. The van der Waals surface area contributed by atoms with Crippen molar-refractivity contribution in [3.8, 4) is 0 Å². The number of rotatable bonds is 4. The Morgan fingerprint density at radius 1 is 1.39 bits per heavy atom. The molecule has 0 spiro atoms. The monoisotopic (exact) mass is 267 g/mol. The smallest absolute Gasteiger partial charge is 0.250 e. The van der Waals surface area contributed by atoms with E-state index in [1.54, 1.807) is 0 Å². The van der Waals surface area contributed by atoms with Crippen molar-refractivity contribution in [3.05, 3.63) is 42.5 Å². The van der Waals surface area contributed by atoms with Gasteiger partial charge in [-0.15, -0.1) is 11.0 Å². The van der Waals surface area contributed by atoms with E-state index in [-0.39, 0.29) is 12.0 Å². The Morgan fingerprint density at radius 2 is 1.94 bits per heavy atom. The molecule has 0 saturated carbocycles. The predicted octanol–water partition coefficient (Wildman–Crippen LogP) is 4.57. The molecule has 0 aromatic heterocycles. The van der Waals surface area contributed by atoms with Crippen LogP contribution in [0.1, 0.15) is 26.3 Å². The molecule has 0 aliphatic carbocycles. The highest BCUT2D eigenvalue weighted by Crippen LogP contribution is 2.27. The highest BCUT2D eigenvalue weighted by Gasteiger charge is 2.15. The summed E-state index contributed by atoms with van der Waals surface area (Å²) in [5.74, 6) is 0. The summed E-state index contributed by atoms with van der Waals surface area (Å²) in [6.45, 7) is 10.1. The Balaban J connectivity index is 2.79. The van der Waals surface area contributed by atoms with Crippen molar-refractivity contribution in [2.75, 3.05) is 6.54 Å². The number of carbonyl (C=O) groups is 1. The van der Waals surface area contributed by atoms with E-state index in [9.17, 15) is 9.18 Å². The van der Waals surface area contributed by atoms with Crippen molar-refractivity contribution in [3.63, 3.8) is 0 Å². The molecule has 0 bridgehead atoms. The van der Waals surface area contributed by atoms with Gasteiger partial charge in [-0.2, -0.15) is 0 Å². The van der Waals surface area contributed by atoms with Crippen LogP contribution in [0.25, 0.3) is 0 Å². The maximum absolute atomic E-state index is 12.7. The van der Waals surface area contributed by atoms with E-state index in [0.29, 0.717) is 0 Å². The second-order valence-corrected chi connectivity index (χ2v) is 6.06. The lowest BCUT2D eigenvalue weighted by atomic mass is 9.87. The Morgan fingerprint density at radius 3 is 2.33 bits per heavy atom. The van der Waals surface area contributed by atoms with Gasteiger partial charge in [0.25, 0.3) is 0 Å². The molecule has 1 aromatic rings. The number of hydrogen-bond donors (Lipinski definition) is 0. The fourth-order valence-corrected chi connectivity index (χ4v) is 2.17. The zero-order chi connectivity index (χ0) is 13.8. The Labute approximate surface area is 112 Å². The topological polar surface area (TPSA) is 20.3 Å². The van der Waals surface area contributed by atoms with Crippen molar-refractivity contribution in [1.82, 2.24) is 4.31 Å². The molecule has 1 aromatic carbocycles. The molecule has 0 N–H and O–H groups in total. The molecule has 0 fully saturated rings. The average Bonchev–Trinajstić information content (AvgIpc) is 2.28. The minimum atomic E-state index is -1.46. The molecule has 0 saturated heterocycles. The fraction of sp³-hybridized carbons (Fsp3) is 0.357. The van der Waals surface area contributed by atoms with Crippen molar-refractivity contribution >= 4 is 18.1 Å². The van der Waals surface area contributed by atoms with Crippen molar-refractivity contribution in [2.24, 2.45) is 0 Å². The van der Waals surface area contributed by atoms with Crippen LogP contribution in [0.15, 0.2) is 41.8 Å². The Hall–Kier alpha value is -1.29. The summed E-state index contributed by atoms with van der Waals surface area (Å²) >= 11 is 1.08. The van der Waals surface area contributed by atoms with Gasteiger partial charge in [-0.05, 0) is 35.1 Å². The SMILES string of the molecule is C=CCN(Sc1ccc(C(C)(C)C)cc1)C(=O)F. The standard InChI is InChI=1S/C14H18FNOS/c1-5-10-16(13(15)17)18-12-8-6-11(7-9-12)14(2,3)4/h5-9H,1,10H2,2-4H3. The molecule has 1 rings (SSSR count). The number of nitrogens with zero attached hydrogens (tertiary/aromatic N) is 1. The summed E-state index contributed by atoms with van der Waals surface area (Å²) in [5.41, 5.74) is 1.29. The number of halogens is 1. The van der Waals surface area contributed by atoms with Crippen LogP contribution < -0.4 is 0 Å². The maximum atomic E-state index is 12.7. The lowest BCUT2D eigenvalue weighted by Crippen LogP contribution is -2.18. The maximum Gasteiger partial charge on any atom is 0.410 e. The third-order valence-corrected chi connectivity index (χ3v) is 3.42. The van der Waals surface area contributed by atoms with Gasteiger partial charge in [-0.25, -0.2) is 9.10 Å². The molecule has 1 amide bonds. The van der Waals surface area contributed by atoms with Gasteiger partial charge >= 0.3 is 6.16 Å². The van der Waals surface area contributed by atoms with E-state index in [4.69, 9.17) is 0 Å². The second-order valence-electron chi connectivity index (χ2n) is 4.97. The number of benzene rings is 1. The highest BCUT2D eigenvalue weighted by atomic mass is 32.2. The van der Waals surface area contributed by atoms with Crippen LogP contribution in [0.5, 0.6) is 0 Å². The van der Waals surface area contributed by atoms with Crippen molar-refractivity contribution in [1.29, 1.82) is 0 Å². The molecule has 0 unspecified atom stereocenters. The van der Waals surface area contributed by atoms with E-state index in [1.807, 2.05) is 24.3 Å². The molecule has 18 heavy (non-hydrogen) atoms. The summed E-state index contributed by atoms with van der Waals surface area (Å²) in [6.07, 6.45) is 0.0355. The molecule has 0 aliphatic heterocycles. The van der Waals surface area contributed by atoms with Crippen LogP contribution >= 0.6 is 11.9 Å². The van der Waals surface area contributed by atoms with E-state index < -0.39 is 6.16 Å². The lowest BCUT2D eigenvalue weighted by Gasteiger charge is -2.20. The molecular formula is C14H18FNOS. The summed E-state index contributed by atoms with van der Waals surface area (Å²) in [6, 6.07) is 7.78. The summed E-state index contributed by atoms with van der Waals surface area (Å²) < 4.78 is 13.8. The van der Waals surface area contributed by atoms with E-state index in [0.717, 1.165) is 21.1 Å². The van der Waals surface area contributed by atoms with Gasteiger partial charge in [0.05, 0.1) is 6.54 Å². The summed E-state index contributed by atoms with van der Waals surface area (Å²) in [5, 5.41) is 0. The molecule has 0 aliphatic rings. The van der Waals surface area contributed by atoms with Crippen LogP contribution in [-0.4, -0.2) is 17.0 Å². The second kappa shape index (κ2) is 6.05. The Bertz CT molecular complexity index is 422. The first-order valence-electron chi connectivity index (χ1n) is 5.71. The molecule has 98 valence electrons. The quantitative estimate of drug-likeness (QED) is 0.345. The van der Waals surface area contributed by atoms with Crippen LogP contribution in [0.2, 0.25) is 0 Å². The van der Waals surface area contributed by atoms with Gasteiger partial charge in [0.2, 0.25) is 0 Å². The van der Waals surface area contributed by atoms with Gasteiger partial charge in [0, 0.05) is 4.90 Å². The first-order valence-corrected chi connectivity index (χ1v) is 6.48. The van der Waals surface area contributed by atoms with Gasteiger partial charge in [0.15, 0.2) is 0 Å². The highest BCUT2D eigenvalue weighted by molar-refractivity contribution is 7.97. The average molecular weight is 267 g/mol. The van der Waals surface area contributed by atoms with Gasteiger partial charge in [0.1, 0.15) is 0 Å². The summed E-state index contributed by atoms with van der Waals surface area (Å²) in [7, 11) is 0. The van der Waals surface area contributed by atoms with E-state index >= 15 is 0 Å². The van der Waals surface area contributed by atoms with Crippen LogP contribution in [0, 0.1) is 0 Å². The number of carbonyl (C=O) groups excluding carboxylic acids is 1. The van der Waals surface area contributed by atoms with Crippen LogP contribution in [0.3, 0.4) is 0 Å². The normalized spacial score (nSPS) is 11.1. The number of hydrogen-bond acceptors (Lipinski definition) is 2. The molecule has 4 heteroatoms. The third kappa shape index (κ3) is 4.18. The molecule has 0 heterocycles. The minimum absolute atomic E-state index is 0.0832. The first-order chi connectivity index (χ1) is 8.34. The van der Waals surface area contributed by atoms with Crippen molar-refractivity contribution < 1.29 is 9.18 Å². The third-order valence-electron chi connectivity index (χ3n) is 2.43. The number of amides is 1. The zero-order valence-corrected chi connectivity index (χ0v) is 11.8. The van der Waals surface area contributed by atoms with Gasteiger partial charge in [-0.3, -0.25) is 0 Å². The van der Waals surface area contributed by atoms with Crippen LogP contribution in [-0.2, 0) is 5.41 Å². The molecule has 0 radical (unpaired) electrons. The fourth-order valence-electron chi connectivity index (χ4n) is 1.41. The van der Waals surface area contributed by atoms with Crippen molar-refractivity contribution in [2.45, 2.75) is 31.1 Å². The lowest BCUT2D eigenvalue weighted by molar-refractivity contribution is 0.207. The van der Waals surface area contributed by atoms with Gasteiger partial charge < -0.3 is 0 Å². The van der Waals surface area contributed by atoms with Crippen LogP contribution in [0.4, 0.5) is 9.18 Å². The Kier molecular flexibility index (Phi) is 4.96. The molecule has 0 atom stereocenters. The molecule has 2 nitrogen and oxygen atoms in total. The van der Waals surface area contributed by atoms with E-state index in [2.05, 4.69) is 27.4 Å². The minimum Gasteiger partial charge on any atom is -0.250 e.